The van der Waals surface area contributed by atoms with E-state index >= 15 is 0 Å². The van der Waals surface area contributed by atoms with Crippen molar-refractivity contribution in [2.24, 2.45) is 10.9 Å². The van der Waals surface area contributed by atoms with Gasteiger partial charge in [-0.05, 0) is 19.3 Å². The molecule has 4 N–H and O–H groups in total. The summed E-state index contributed by atoms with van der Waals surface area (Å²) in [5.41, 5.74) is 5.31. The van der Waals surface area contributed by atoms with Crippen LogP contribution in [-0.2, 0) is 4.79 Å². The van der Waals surface area contributed by atoms with Crippen LogP contribution in [0.25, 0.3) is 0 Å². The average molecular weight is 229 g/mol. The molecule has 0 saturated heterocycles. The highest BCUT2D eigenvalue weighted by Crippen LogP contribution is 1.99. The van der Waals surface area contributed by atoms with Crippen molar-refractivity contribution in [1.29, 1.82) is 0 Å². The first-order valence-corrected chi connectivity index (χ1v) is 5.93. The number of carbonyl (C=O) groups is 1. The molecule has 0 aromatic heterocycles. The van der Waals surface area contributed by atoms with Crippen molar-refractivity contribution >= 4 is 11.7 Å². The number of nitrogens with one attached hydrogen (secondary N) is 1. The van der Waals surface area contributed by atoms with Crippen molar-refractivity contribution in [3.8, 4) is 0 Å². The number of unbranched alkanes of at least 4 members (excludes halogenated alkanes) is 3. The lowest BCUT2D eigenvalue weighted by Gasteiger charge is -2.04. The van der Waals surface area contributed by atoms with Crippen molar-refractivity contribution in [3.05, 3.63) is 0 Å². The molecule has 0 aliphatic heterocycles. The van der Waals surface area contributed by atoms with Gasteiger partial charge in [-0.25, -0.2) is 0 Å². The van der Waals surface area contributed by atoms with Crippen molar-refractivity contribution in [2.45, 2.75) is 51.9 Å². The molecule has 1 amide bonds. The number of hydrogen-bond donors (Lipinski definition) is 3. The van der Waals surface area contributed by atoms with Gasteiger partial charge < -0.3 is 16.3 Å². The SMILES string of the molecule is CCCCCC(=O)NCCCCC(N)=NO. The molecule has 0 aliphatic carbocycles. The zero-order valence-electron chi connectivity index (χ0n) is 10.0. The van der Waals surface area contributed by atoms with Gasteiger partial charge in [-0.2, -0.15) is 0 Å². The van der Waals surface area contributed by atoms with Crippen LogP contribution in [0, 0.1) is 0 Å². The maximum Gasteiger partial charge on any atom is 0.219 e. The molecule has 0 spiro atoms. The van der Waals surface area contributed by atoms with Crippen LogP contribution in [0.5, 0.6) is 0 Å². The Hall–Kier alpha value is -1.26. The summed E-state index contributed by atoms with van der Waals surface area (Å²) in [5, 5.41) is 14.0. The standard InChI is InChI=1S/C11H23N3O2/c1-2-3-4-8-11(15)13-9-6-5-7-10(12)14-16/h16H,2-9H2,1H3,(H2,12,14)(H,13,15). The van der Waals surface area contributed by atoms with E-state index in [0.29, 0.717) is 19.4 Å². The zero-order valence-corrected chi connectivity index (χ0v) is 10.0. The number of nitrogens with two attached hydrogens (primary N) is 1. The maximum absolute atomic E-state index is 11.3. The first kappa shape index (κ1) is 14.7. The predicted octanol–water partition coefficient (Wildman–Crippen LogP) is 1.60. The molecule has 0 bridgehead atoms. The van der Waals surface area contributed by atoms with Crippen LogP contribution in [0.15, 0.2) is 5.16 Å². The van der Waals surface area contributed by atoms with Gasteiger partial charge in [0.15, 0.2) is 0 Å². The smallest absolute Gasteiger partial charge is 0.219 e. The number of amidine groups is 1. The van der Waals surface area contributed by atoms with Gasteiger partial charge in [0.25, 0.3) is 0 Å². The van der Waals surface area contributed by atoms with E-state index in [1.54, 1.807) is 0 Å². The average Bonchev–Trinajstić information content (AvgIpc) is 2.28. The van der Waals surface area contributed by atoms with E-state index in [2.05, 4.69) is 17.4 Å². The second kappa shape index (κ2) is 10.3. The first-order chi connectivity index (χ1) is 7.70. The highest BCUT2D eigenvalue weighted by Gasteiger charge is 1.99. The molecular formula is C11H23N3O2. The van der Waals surface area contributed by atoms with E-state index in [9.17, 15) is 4.79 Å². The van der Waals surface area contributed by atoms with Crippen molar-refractivity contribution < 1.29 is 10.0 Å². The lowest BCUT2D eigenvalue weighted by Crippen LogP contribution is -2.24. The van der Waals surface area contributed by atoms with Gasteiger partial charge in [0.05, 0.1) is 0 Å². The molecule has 0 heterocycles. The number of hydrogen-bond acceptors (Lipinski definition) is 3. The minimum atomic E-state index is 0.122. The normalized spacial score (nSPS) is 11.4. The minimum Gasteiger partial charge on any atom is -0.409 e. The van der Waals surface area contributed by atoms with Crippen LogP contribution in [0.4, 0.5) is 0 Å². The van der Waals surface area contributed by atoms with Gasteiger partial charge in [0, 0.05) is 19.4 Å². The molecule has 0 fully saturated rings. The number of oxime groups is 1. The maximum atomic E-state index is 11.3. The molecular weight excluding hydrogens is 206 g/mol. The fourth-order valence-electron chi connectivity index (χ4n) is 1.33. The van der Waals surface area contributed by atoms with Gasteiger partial charge in [-0.15, -0.1) is 0 Å². The molecule has 0 radical (unpaired) electrons. The Bertz CT molecular complexity index is 217. The molecule has 0 atom stereocenters. The van der Waals surface area contributed by atoms with E-state index in [1.807, 2.05) is 0 Å². The third kappa shape index (κ3) is 9.30. The minimum absolute atomic E-state index is 0.122. The Kier molecular flexibility index (Phi) is 9.46. The highest BCUT2D eigenvalue weighted by molar-refractivity contribution is 5.79. The van der Waals surface area contributed by atoms with Gasteiger partial charge >= 0.3 is 0 Å². The summed E-state index contributed by atoms with van der Waals surface area (Å²) in [7, 11) is 0. The van der Waals surface area contributed by atoms with Crippen molar-refractivity contribution in [1.82, 2.24) is 5.32 Å². The van der Waals surface area contributed by atoms with Gasteiger partial charge in [-0.1, -0.05) is 24.9 Å². The number of carbonyl (C=O) groups excluding carboxylic acids is 1. The summed E-state index contributed by atoms with van der Waals surface area (Å²) in [6.45, 7) is 2.79. The lowest BCUT2D eigenvalue weighted by molar-refractivity contribution is -0.121. The van der Waals surface area contributed by atoms with Crippen LogP contribution >= 0.6 is 0 Å². The van der Waals surface area contributed by atoms with Gasteiger partial charge in [0.2, 0.25) is 5.91 Å². The van der Waals surface area contributed by atoms with Gasteiger partial charge in [0.1, 0.15) is 5.84 Å². The molecule has 0 aromatic carbocycles. The largest absolute Gasteiger partial charge is 0.409 e. The van der Waals surface area contributed by atoms with Crippen LogP contribution in [0.3, 0.4) is 0 Å². The van der Waals surface area contributed by atoms with E-state index in [4.69, 9.17) is 10.9 Å². The zero-order chi connectivity index (χ0) is 12.2. The fourth-order valence-corrected chi connectivity index (χ4v) is 1.33. The van der Waals surface area contributed by atoms with Gasteiger partial charge in [-0.3, -0.25) is 4.79 Å². The summed E-state index contributed by atoms with van der Waals surface area (Å²) in [5.74, 6) is 0.367. The predicted molar refractivity (Wildman–Crippen MR) is 64.4 cm³/mol. The van der Waals surface area contributed by atoms with E-state index in [1.165, 1.54) is 0 Å². The molecule has 94 valence electrons. The Morgan fingerprint density at radius 1 is 1.25 bits per heavy atom. The molecule has 5 heteroatoms. The third-order valence-corrected chi connectivity index (χ3v) is 2.32. The molecule has 5 nitrogen and oxygen atoms in total. The highest BCUT2D eigenvalue weighted by atomic mass is 16.4. The van der Waals surface area contributed by atoms with E-state index in [-0.39, 0.29) is 11.7 Å². The summed E-state index contributed by atoms with van der Waals surface area (Å²) in [4.78, 5) is 11.3. The quantitative estimate of drug-likeness (QED) is 0.184. The van der Waals surface area contributed by atoms with Crippen LogP contribution in [0.1, 0.15) is 51.9 Å². The Morgan fingerprint density at radius 3 is 2.56 bits per heavy atom. The van der Waals surface area contributed by atoms with E-state index in [0.717, 1.165) is 32.1 Å². The fraction of sp³-hybridized carbons (Fsp3) is 0.818. The number of amides is 1. The van der Waals surface area contributed by atoms with Crippen LogP contribution in [0.2, 0.25) is 0 Å². The first-order valence-electron chi connectivity index (χ1n) is 5.93. The molecule has 0 aliphatic rings. The summed E-state index contributed by atoms with van der Waals surface area (Å²) in [6, 6.07) is 0. The second-order valence-electron chi connectivity index (χ2n) is 3.86. The molecule has 16 heavy (non-hydrogen) atoms. The Balaban J connectivity index is 3.28. The topological polar surface area (TPSA) is 87.7 Å². The molecule has 0 unspecified atom stereocenters. The Labute approximate surface area is 97.1 Å². The monoisotopic (exact) mass is 229 g/mol. The number of nitrogens with zero attached hydrogens (tertiary/aromatic N) is 1. The molecule has 0 saturated carbocycles. The second-order valence-corrected chi connectivity index (χ2v) is 3.86. The summed E-state index contributed by atoms with van der Waals surface area (Å²) >= 11 is 0. The van der Waals surface area contributed by atoms with Crippen LogP contribution in [-0.4, -0.2) is 23.5 Å². The van der Waals surface area contributed by atoms with Crippen molar-refractivity contribution in [3.63, 3.8) is 0 Å². The van der Waals surface area contributed by atoms with Crippen molar-refractivity contribution in [2.75, 3.05) is 6.54 Å². The van der Waals surface area contributed by atoms with Crippen LogP contribution < -0.4 is 11.1 Å². The lowest BCUT2D eigenvalue weighted by atomic mass is 10.2. The third-order valence-electron chi connectivity index (χ3n) is 2.32. The Morgan fingerprint density at radius 2 is 1.94 bits per heavy atom. The molecule has 0 rings (SSSR count). The summed E-state index contributed by atoms with van der Waals surface area (Å²) < 4.78 is 0. The molecule has 0 aromatic rings. The summed E-state index contributed by atoms with van der Waals surface area (Å²) in [6.07, 6.45) is 6.08. The van der Waals surface area contributed by atoms with E-state index < -0.39 is 0 Å². The number of rotatable bonds is 9.